The van der Waals surface area contributed by atoms with Gasteiger partial charge in [0.15, 0.2) is 0 Å². The Morgan fingerprint density at radius 3 is 2.87 bits per heavy atom. The Bertz CT molecular complexity index is 225. The Hall–Kier alpha value is -0.650. The van der Waals surface area contributed by atoms with E-state index in [1.54, 1.807) is 6.92 Å². The van der Waals surface area contributed by atoms with Crippen molar-refractivity contribution in [2.24, 2.45) is 5.73 Å². The van der Waals surface area contributed by atoms with Gasteiger partial charge in [0.25, 0.3) is 0 Å². The zero-order chi connectivity index (χ0) is 11.5. The zero-order valence-electron chi connectivity index (χ0n) is 9.40. The minimum Gasteiger partial charge on any atom is -0.480 e. The Kier molecular flexibility index (Phi) is 4.07. The highest BCUT2D eigenvalue weighted by Gasteiger charge is 2.29. The van der Waals surface area contributed by atoms with Crippen molar-refractivity contribution in [1.29, 1.82) is 0 Å². The summed E-state index contributed by atoms with van der Waals surface area (Å²) in [5.41, 5.74) is 4.52. The lowest BCUT2D eigenvalue weighted by Gasteiger charge is -2.27. The molecule has 0 spiro atoms. The number of likely N-dealkylation sites (N-methyl/N-ethyl adjacent to an activating group) is 1. The third kappa shape index (κ3) is 3.44. The molecule has 1 fully saturated rings. The smallest absolute Gasteiger partial charge is 0.323 e. The van der Waals surface area contributed by atoms with E-state index in [4.69, 9.17) is 15.6 Å². The number of nitrogens with zero attached hydrogens (tertiary/aromatic N) is 1. The number of aliphatic carboxylic acids is 1. The van der Waals surface area contributed by atoms with E-state index in [-0.39, 0.29) is 0 Å². The third-order valence-electron chi connectivity index (χ3n) is 3.00. The van der Waals surface area contributed by atoms with Crippen LogP contribution >= 0.6 is 0 Å². The second kappa shape index (κ2) is 4.92. The molecule has 0 aromatic heterocycles. The van der Waals surface area contributed by atoms with Gasteiger partial charge in [0.2, 0.25) is 0 Å². The molecular weight excluding hydrogens is 196 g/mol. The van der Waals surface area contributed by atoms with Crippen LogP contribution in [0.4, 0.5) is 0 Å². The van der Waals surface area contributed by atoms with E-state index in [1.165, 1.54) is 0 Å². The molecule has 1 aliphatic rings. The first-order chi connectivity index (χ1) is 6.93. The fourth-order valence-electron chi connectivity index (χ4n) is 1.57. The van der Waals surface area contributed by atoms with Crippen LogP contribution in [0, 0.1) is 0 Å². The van der Waals surface area contributed by atoms with Gasteiger partial charge in [0, 0.05) is 19.2 Å². The summed E-state index contributed by atoms with van der Waals surface area (Å²) in [6.45, 7) is 3.78. The zero-order valence-corrected chi connectivity index (χ0v) is 9.40. The number of nitrogens with two attached hydrogens (primary N) is 1. The van der Waals surface area contributed by atoms with E-state index < -0.39 is 11.5 Å². The Morgan fingerprint density at radius 1 is 1.73 bits per heavy atom. The average Bonchev–Trinajstić information content (AvgIpc) is 2.66. The summed E-state index contributed by atoms with van der Waals surface area (Å²) in [6, 6.07) is 0.412. The number of carbonyl (C=O) groups is 1. The SMILES string of the molecule is CN(CCC(C)(N)C(=O)O)C1CCOC1. The minimum absolute atomic E-state index is 0.412. The van der Waals surface area contributed by atoms with Crippen LogP contribution in [0.25, 0.3) is 0 Å². The minimum atomic E-state index is -1.13. The van der Waals surface area contributed by atoms with Crippen molar-refractivity contribution in [1.82, 2.24) is 4.90 Å². The van der Waals surface area contributed by atoms with Crippen LogP contribution in [0.5, 0.6) is 0 Å². The van der Waals surface area contributed by atoms with Crippen LogP contribution in [0.2, 0.25) is 0 Å². The average molecular weight is 216 g/mol. The molecule has 0 aliphatic carbocycles. The van der Waals surface area contributed by atoms with Crippen LogP contribution in [0.15, 0.2) is 0 Å². The van der Waals surface area contributed by atoms with Gasteiger partial charge in [-0.25, -0.2) is 0 Å². The van der Waals surface area contributed by atoms with Crippen LogP contribution < -0.4 is 5.73 Å². The number of carboxylic acids is 1. The van der Waals surface area contributed by atoms with Crippen molar-refractivity contribution >= 4 is 5.97 Å². The molecule has 0 radical (unpaired) electrons. The van der Waals surface area contributed by atoms with Gasteiger partial charge in [-0.1, -0.05) is 0 Å². The van der Waals surface area contributed by atoms with Gasteiger partial charge in [-0.2, -0.15) is 0 Å². The molecule has 0 aromatic carbocycles. The lowest BCUT2D eigenvalue weighted by Crippen LogP contribution is -2.48. The Balaban J connectivity index is 2.32. The number of carboxylic acid groups (broad SMARTS) is 1. The Labute approximate surface area is 90.2 Å². The molecule has 5 nitrogen and oxygen atoms in total. The summed E-state index contributed by atoms with van der Waals surface area (Å²) in [7, 11) is 1.98. The molecule has 0 amide bonds. The maximum absolute atomic E-state index is 10.8. The predicted octanol–water partition coefficient (Wildman–Crippen LogP) is -0.101. The van der Waals surface area contributed by atoms with Crippen molar-refractivity contribution in [3.05, 3.63) is 0 Å². The van der Waals surface area contributed by atoms with Crippen LogP contribution in [-0.4, -0.2) is 54.4 Å². The topological polar surface area (TPSA) is 75.8 Å². The molecule has 1 aliphatic heterocycles. The van der Waals surface area contributed by atoms with Gasteiger partial charge in [-0.15, -0.1) is 0 Å². The number of ether oxygens (including phenoxy) is 1. The van der Waals surface area contributed by atoms with Crippen LogP contribution in [0.3, 0.4) is 0 Å². The van der Waals surface area contributed by atoms with Gasteiger partial charge in [-0.05, 0) is 26.8 Å². The number of hydrogen-bond donors (Lipinski definition) is 2. The lowest BCUT2D eigenvalue weighted by molar-refractivity contribution is -0.143. The lowest BCUT2D eigenvalue weighted by atomic mass is 9.99. The first-order valence-electron chi connectivity index (χ1n) is 5.24. The molecule has 0 aromatic rings. The highest BCUT2D eigenvalue weighted by molar-refractivity contribution is 5.77. The molecule has 5 heteroatoms. The molecular formula is C10H20N2O3. The van der Waals surface area contributed by atoms with Gasteiger partial charge in [0.1, 0.15) is 5.54 Å². The van der Waals surface area contributed by atoms with Gasteiger partial charge < -0.3 is 20.5 Å². The van der Waals surface area contributed by atoms with E-state index in [2.05, 4.69) is 4.90 Å². The van der Waals surface area contributed by atoms with Crippen molar-refractivity contribution in [2.75, 3.05) is 26.8 Å². The van der Waals surface area contributed by atoms with E-state index in [0.29, 0.717) is 19.0 Å². The summed E-state index contributed by atoms with van der Waals surface area (Å²) in [5.74, 6) is -0.946. The standard InChI is InChI=1S/C10H20N2O3/c1-10(11,9(13)14)4-5-12(2)8-3-6-15-7-8/h8H,3-7,11H2,1-2H3,(H,13,14). The normalized spacial score (nSPS) is 25.5. The first-order valence-corrected chi connectivity index (χ1v) is 5.24. The number of hydrogen-bond acceptors (Lipinski definition) is 4. The van der Waals surface area contributed by atoms with Gasteiger partial charge in [-0.3, -0.25) is 4.79 Å². The van der Waals surface area contributed by atoms with E-state index >= 15 is 0 Å². The molecule has 3 N–H and O–H groups in total. The molecule has 15 heavy (non-hydrogen) atoms. The summed E-state index contributed by atoms with van der Waals surface area (Å²) >= 11 is 0. The molecule has 0 bridgehead atoms. The molecule has 2 atom stereocenters. The molecule has 1 saturated heterocycles. The summed E-state index contributed by atoms with van der Waals surface area (Å²) in [5, 5.41) is 8.85. The van der Waals surface area contributed by atoms with Crippen LogP contribution in [-0.2, 0) is 9.53 Å². The maximum atomic E-state index is 10.8. The van der Waals surface area contributed by atoms with E-state index in [0.717, 1.165) is 19.6 Å². The quantitative estimate of drug-likeness (QED) is 0.671. The molecule has 0 saturated carbocycles. The van der Waals surface area contributed by atoms with Crippen LogP contribution in [0.1, 0.15) is 19.8 Å². The fourth-order valence-corrected chi connectivity index (χ4v) is 1.57. The highest BCUT2D eigenvalue weighted by atomic mass is 16.5. The molecule has 1 rings (SSSR count). The molecule has 1 heterocycles. The summed E-state index contributed by atoms with van der Waals surface area (Å²) in [6.07, 6.45) is 1.47. The van der Waals surface area contributed by atoms with Crippen molar-refractivity contribution in [3.8, 4) is 0 Å². The second-order valence-electron chi connectivity index (χ2n) is 4.47. The second-order valence-corrected chi connectivity index (χ2v) is 4.47. The molecule has 88 valence electrons. The Morgan fingerprint density at radius 2 is 2.40 bits per heavy atom. The summed E-state index contributed by atoms with van der Waals surface area (Å²) < 4.78 is 5.27. The maximum Gasteiger partial charge on any atom is 0.323 e. The van der Waals surface area contributed by atoms with Gasteiger partial charge >= 0.3 is 5.97 Å². The predicted molar refractivity (Wildman–Crippen MR) is 56.7 cm³/mol. The van der Waals surface area contributed by atoms with Crippen molar-refractivity contribution in [3.63, 3.8) is 0 Å². The monoisotopic (exact) mass is 216 g/mol. The number of rotatable bonds is 5. The van der Waals surface area contributed by atoms with E-state index in [9.17, 15) is 4.79 Å². The van der Waals surface area contributed by atoms with Crippen molar-refractivity contribution in [2.45, 2.75) is 31.3 Å². The first kappa shape index (κ1) is 12.4. The highest BCUT2D eigenvalue weighted by Crippen LogP contribution is 2.13. The van der Waals surface area contributed by atoms with Crippen molar-refractivity contribution < 1.29 is 14.6 Å². The summed E-state index contributed by atoms with van der Waals surface area (Å²) in [4.78, 5) is 12.9. The molecule has 2 unspecified atom stereocenters. The van der Waals surface area contributed by atoms with Gasteiger partial charge in [0.05, 0.1) is 6.61 Å². The van der Waals surface area contributed by atoms with E-state index in [1.807, 2.05) is 7.05 Å². The largest absolute Gasteiger partial charge is 0.480 e. The fraction of sp³-hybridized carbons (Fsp3) is 0.900. The third-order valence-corrected chi connectivity index (χ3v) is 3.00.